The molecule has 1 amide bonds. The lowest BCUT2D eigenvalue weighted by Crippen LogP contribution is -2.39. The number of ether oxygens (including phenoxy) is 3. The maximum atomic E-state index is 12.2. The Kier molecular flexibility index (Phi) is 8.44. The second-order valence-electron chi connectivity index (χ2n) is 8.56. The largest absolute Gasteiger partial charge is 0.493 e. The fourth-order valence-corrected chi connectivity index (χ4v) is 4.89. The third-order valence-corrected chi connectivity index (χ3v) is 6.97. The number of hydrogen-bond acceptors (Lipinski definition) is 6. The van der Waals surface area contributed by atoms with E-state index in [1.807, 2.05) is 48.5 Å². The Morgan fingerprint density at radius 1 is 0.917 bits per heavy atom. The molecule has 3 aromatic rings. The summed E-state index contributed by atoms with van der Waals surface area (Å²) in [4.78, 5) is 23.8. The molecule has 1 saturated heterocycles. The number of carbonyl (C=O) groups excluding carboxylic acids is 2. The molecule has 0 spiro atoms. The van der Waals surface area contributed by atoms with Crippen molar-refractivity contribution in [2.75, 3.05) is 13.2 Å². The van der Waals surface area contributed by atoms with Crippen LogP contribution in [0.3, 0.4) is 0 Å². The second kappa shape index (κ2) is 11.7. The lowest BCUT2D eigenvalue weighted by Gasteiger charge is -2.22. The molecule has 0 saturated carbocycles. The molecule has 0 aliphatic carbocycles. The molecule has 188 valence electrons. The Morgan fingerprint density at radius 2 is 1.64 bits per heavy atom. The summed E-state index contributed by atoms with van der Waals surface area (Å²) in [7, 11) is 0. The van der Waals surface area contributed by atoms with Gasteiger partial charge in [0.2, 0.25) is 5.12 Å². The van der Waals surface area contributed by atoms with Gasteiger partial charge in [-0.25, -0.2) is 0 Å². The fourth-order valence-electron chi connectivity index (χ4n) is 3.86. The van der Waals surface area contributed by atoms with E-state index in [1.165, 1.54) is 0 Å². The summed E-state index contributed by atoms with van der Waals surface area (Å²) in [5.74, 6) is 2.94. The molecule has 0 radical (unpaired) electrons. The van der Waals surface area contributed by atoms with E-state index in [-0.39, 0.29) is 10.4 Å². The first-order valence-electron chi connectivity index (χ1n) is 11.8. The molecule has 4 rings (SSSR count). The summed E-state index contributed by atoms with van der Waals surface area (Å²) in [5.41, 5.74) is 0.635. The zero-order valence-corrected chi connectivity index (χ0v) is 21.8. The first kappa shape index (κ1) is 25.9. The number of hydrogen-bond donors (Lipinski definition) is 1. The topological polar surface area (TPSA) is 73.9 Å². The van der Waals surface area contributed by atoms with Crippen LogP contribution in [0.25, 0.3) is 0 Å². The zero-order chi connectivity index (χ0) is 25.5. The Bertz CT molecular complexity index is 1240. The second-order valence-corrected chi connectivity index (χ2v) is 9.91. The van der Waals surface area contributed by atoms with Crippen LogP contribution in [0.1, 0.15) is 37.8 Å². The Balaban J connectivity index is 1.29. The van der Waals surface area contributed by atoms with Crippen LogP contribution in [0, 0.1) is 0 Å². The van der Waals surface area contributed by atoms with E-state index in [2.05, 4.69) is 12.2 Å². The summed E-state index contributed by atoms with van der Waals surface area (Å²) in [6, 6.07) is 20.7. The predicted octanol–water partition coefficient (Wildman–Crippen LogP) is 7.13. The smallest absolute Gasteiger partial charge is 0.287 e. The molecule has 1 aliphatic heterocycles. The van der Waals surface area contributed by atoms with Crippen LogP contribution < -0.4 is 19.5 Å². The Morgan fingerprint density at radius 3 is 2.31 bits per heavy atom. The van der Waals surface area contributed by atoms with Crippen LogP contribution in [0.5, 0.6) is 23.0 Å². The molecule has 1 heterocycles. The molecule has 36 heavy (non-hydrogen) atoms. The van der Waals surface area contributed by atoms with Gasteiger partial charge in [-0.1, -0.05) is 49.2 Å². The monoisotopic (exact) mass is 525 g/mol. The number of nitrogens with one attached hydrogen (secondary N) is 1. The zero-order valence-electron chi connectivity index (χ0n) is 20.2. The van der Waals surface area contributed by atoms with Crippen molar-refractivity contribution in [1.82, 2.24) is 5.32 Å². The summed E-state index contributed by atoms with van der Waals surface area (Å²) in [6.07, 6.45) is 2.55. The highest BCUT2D eigenvalue weighted by Crippen LogP contribution is 2.37. The number of halogens is 1. The first-order valence-corrected chi connectivity index (χ1v) is 13.0. The molecule has 1 N–H and O–H groups in total. The van der Waals surface area contributed by atoms with Crippen LogP contribution in [-0.4, -0.2) is 23.6 Å². The number of aryl methyl sites for hydroxylation is 1. The molecule has 3 aromatic carbocycles. The number of carbonyl (C=O) groups is 2. The number of para-hydroxylation sites is 1. The van der Waals surface area contributed by atoms with E-state index < -0.39 is 5.54 Å². The lowest BCUT2D eigenvalue weighted by atomic mass is 9.93. The fraction of sp³-hybridized carbons (Fsp3) is 0.286. The van der Waals surface area contributed by atoms with Gasteiger partial charge >= 0.3 is 0 Å². The van der Waals surface area contributed by atoms with Gasteiger partial charge in [0, 0.05) is 18.2 Å². The number of amides is 1. The van der Waals surface area contributed by atoms with Gasteiger partial charge in [-0.15, -0.1) is 0 Å². The predicted molar refractivity (Wildman–Crippen MR) is 142 cm³/mol. The highest BCUT2D eigenvalue weighted by atomic mass is 35.5. The molecule has 8 heteroatoms. The van der Waals surface area contributed by atoms with Crippen molar-refractivity contribution in [3.8, 4) is 23.0 Å². The first-order chi connectivity index (χ1) is 17.4. The van der Waals surface area contributed by atoms with Gasteiger partial charge in [-0.05, 0) is 66.9 Å². The van der Waals surface area contributed by atoms with Crippen molar-refractivity contribution in [3.05, 3.63) is 82.9 Å². The van der Waals surface area contributed by atoms with E-state index in [4.69, 9.17) is 25.8 Å². The van der Waals surface area contributed by atoms with Gasteiger partial charge in [0.25, 0.3) is 5.24 Å². The highest BCUT2D eigenvalue weighted by molar-refractivity contribution is 8.26. The van der Waals surface area contributed by atoms with Crippen LogP contribution >= 0.6 is 23.4 Å². The number of rotatable bonds is 11. The third-order valence-electron chi connectivity index (χ3n) is 5.79. The Labute approximate surface area is 220 Å². The van der Waals surface area contributed by atoms with Crippen LogP contribution in [0.4, 0.5) is 4.79 Å². The van der Waals surface area contributed by atoms with Crippen molar-refractivity contribution < 1.29 is 23.8 Å². The van der Waals surface area contributed by atoms with Crippen LogP contribution in [0.2, 0.25) is 5.02 Å². The van der Waals surface area contributed by atoms with Crippen molar-refractivity contribution in [3.63, 3.8) is 0 Å². The average molecular weight is 526 g/mol. The summed E-state index contributed by atoms with van der Waals surface area (Å²) in [5, 5.41) is 2.47. The van der Waals surface area contributed by atoms with Gasteiger partial charge in [0.05, 0.1) is 18.2 Å². The summed E-state index contributed by atoms with van der Waals surface area (Å²) < 4.78 is 17.8. The molecule has 0 bridgehead atoms. The molecule has 0 aromatic heterocycles. The van der Waals surface area contributed by atoms with Crippen LogP contribution in [0.15, 0.2) is 66.7 Å². The third kappa shape index (κ3) is 6.15. The molecule has 1 unspecified atom stereocenters. The van der Waals surface area contributed by atoms with E-state index in [9.17, 15) is 9.59 Å². The number of benzene rings is 3. The lowest BCUT2D eigenvalue weighted by molar-refractivity contribution is -0.115. The Hall–Kier alpha value is -3.16. The molecule has 1 atom stereocenters. The van der Waals surface area contributed by atoms with Crippen molar-refractivity contribution >= 4 is 33.7 Å². The van der Waals surface area contributed by atoms with E-state index >= 15 is 0 Å². The normalized spacial score (nSPS) is 17.1. The number of thioether (sulfide) groups is 1. The van der Waals surface area contributed by atoms with Gasteiger partial charge in [0.1, 0.15) is 28.5 Å². The SMILES string of the molecule is CCCc1cc(Oc2ccccc2)ccc1OCCCOc1ccc(C2(C)NC(=O)SC2=O)cc1Cl. The van der Waals surface area contributed by atoms with E-state index in [1.54, 1.807) is 25.1 Å². The van der Waals surface area contributed by atoms with Crippen LogP contribution in [-0.2, 0) is 16.8 Å². The van der Waals surface area contributed by atoms with Gasteiger partial charge in [-0.3, -0.25) is 9.59 Å². The minimum absolute atomic E-state index is 0.253. The molecule has 1 fully saturated rings. The standard InChI is InChI=1S/C28H28ClNO5S/c1-3-8-19-17-22(35-21-9-5-4-6-10-21)12-14-24(19)33-15-7-16-34-25-13-11-20(18-23(25)29)28(2)26(31)36-27(32)30-28/h4-6,9-14,17-18H,3,7-8,15-16H2,1-2H3,(H,30,32). The molecular weight excluding hydrogens is 498 g/mol. The van der Waals surface area contributed by atoms with Crippen molar-refractivity contribution in [2.24, 2.45) is 0 Å². The molecular formula is C28H28ClNO5S. The minimum atomic E-state index is -1.09. The maximum absolute atomic E-state index is 12.2. The summed E-state index contributed by atoms with van der Waals surface area (Å²) in [6.45, 7) is 4.71. The summed E-state index contributed by atoms with van der Waals surface area (Å²) >= 11 is 7.06. The van der Waals surface area contributed by atoms with E-state index in [0.29, 0.717) is 47.7 Å². The van der Waals surface area contributed by atoms with E-state index in [0.717, 1.165) is 35.7 Å². The quantitative estimate of drug-likeness (QED) is 0.268. The molecule has 6 nitrogen and oxygen atoms in total. The molecule has 1 aliphatic rings. The van der Waals surface area contributed by atoms with Crippen molar-refractivity contribution in [1.29, 1.82) is 0 Å². The van der Waals surface area contributed by atoms with Gasteiger partial charge in [-0.2, -0.15) is 0 Å². The van der Waals surface area contributed by atoms with Gasteiger partial charge in [0.15, 0.2) is 0 Å². The minimum Gasteiger partial charge on any atom is -0.493 e. The highest BCUT2D eigenvalue weighted by Gasteiger charge is 2.44. The average Bonchev–Trinajstić information content (AvgIpc) is 3.13. The van der Waals surface area contributed by atoms with Gasteiger partial charge < -0.3 is 19.5 Å². The maximum Gasteiger partial charge on any atom is 0.287 e. The van der Waals surface area contributed by atoms with Crippen molar-refractivity contribution in [2.45, 2.75) is 38.6 Å².